The summed E-state index contributed by atoms with van der Waals surface area (Å²) in [6.07, 6.45) is 1.54. The van der Waals surface area contributed by atoms with Crippen molar-refractivity contribution in [3.8, 4) is 0 Å². The average Bonchev–Trinajstić information content (AvgIpc) is 2.89. The van der Waals surface area contributed by atoms with Crippen molar-refractivity contribution < 1.29 is 9.53 Å². The van der Waals surface area contributed by atoms with Crippen molar-refractivity contribution >= 4 is 17.4 Å². The number of rotatable bonds is 2. The molecule has 2 heterocycles. The Morgan fingerprint density at radius 1 is 1.52 bits per heavy atom. The summed E-state index contributed by atoms with van der Waals surface area (Å²) in [4.78, 5) is 15.6. The first-order valence-corrected chi connectivity index (χ1v) is 8.48. The molecule has 3 atom stereocenters. The van der Waals surface area contributed by atoms with Crippen LogP contribution in [0.1, 0.15) is 51.3 Å². The highest BCUT2D eigenvalue weighted by Gasteiger charge is 2.38. The Labute approximate surface area is 131 Å². The van der Waals surface area contributed by atoms with Gasteiger partial charge in [0, 0.05) is 29.4 Å². The number of amides is 1. The van der Waals surface area contributed by atoms with E-state index in [1.807, 2.05) is 25.7 Å². The molecule has 0 aromatic carbocycles. The third-order valence-corrected chi connectivity index (χ3v) is 4.89. The van der Waals surface area contributed by atoms with E-state index in [-0.39, 0.29) is 18.2 Å². The fourth-order valence-electron chi connectivity index (χ4n) is 2.95. The van der Waals surface area contributed by atoms with Crippen molar-refractivity contribution in [2.45, 2.75) is 64.1 Å². The van der Waals surface area contributed by atoms with Crippen molar-refractivity contribution in [3.05, 3.63) is 22.4 Å². The Morgan fingerprint density at radius 2 is 2.24 bits per heavy atom. The highest BCUT2D eigenvalue weighted by Crippen LogP contribution is 2.33. The van der Waals surface area contributed by atoms with Crippen LogP contribution in [0.2, 0.25) is 0 Å². The van der Waals surface area contributed by atoms with E-state index < -0.39 is 5.60 Å². The first-order valence-electron chi connectivity index (χ1n) is 7.60. The van der Waals surface area contributed by atoms with Gasteiger partial charge in [0.25, 0.3) is 0 Å². The number of nitrogens with zero attached hydrogens (tertiary/aromatic N) is 1. The van der Waals surface area contributed by atoms with E-state index >= 15 is 0 Å². The molecule has 1 saturated heterocycles. The van der Waals surface area contributed by atoms with Crippen molar-refractivity contribution in [1.29, 1.82) is 0 Å². The van der Waals surface area contributed by atoms with E-state index in [2.05, 4.69) is 24.4 Å². The quantitative estimate of drug-likeness (QED) is 0.908. The lowest BCUT2D eigenvalue weighted by molar-refractivity contribution is 0.00369. The van der Waals surface area contributed by atoms with Gasteiger partial charge in [-0.25, -0.2) is 4.79 Å². The molecular weight excluding hydrogens is 284 g/mol. The molecule has 0 spiro atoms. The van der Waals surface area contributed by atoms with Gasteiger partial charge in [0.2, 0.25) is 0 Å². The third-order valence-electron chi connectivity index (χ3n) is 3.86. The van der Waals surface area contributed by atoms with Gasteiger partial charge in [0.15, 0.2) is 0 Å². The molecule has 0 bridgehead atoms. The number of hydrogen-bond acceptors (Lipinski definition) is 4. The Kier molecular flexibility index (Phi) is 4.94. The minimum Gasteiger partial charge on any atom is -0.444 e. The molecular formula is C16H26N2O2S. The van der Waals surface area contributed by atoms with Gasteiger partial charge in [-0.3, -0.25) is 0 Å². The number of ether oxygens (including phenoxy) is 1. The summed E-state index contributed by atoms with van der Waals surface area (Å²) in [6.45, 7) is 8.46. The normalized spacial score (nSPS) is 26.7. The molecule has 21 heavy (non-hydrogen) atoms. The summed E-state index contributed by atoms with van der Waals surface area (Å²) in [6, 6.07) is 4.25. The fraction of sp³-hybridized carbons (Fsp3) is 0.688. The summed E-state index contributed by atoms with van der Waals surface area (Å²) in [5.41, 5.74) is 5.86. The van der Waals surface area contributed by atoms with Crippen LogP contribution in [0.5, 0.6) is 0 Å². The summed E-state index contributed by atoms with van der Waals surface area (Å²) >= 11 is 1.73. The molecule has 2 rings (SSSR count). The SMILES string of the molecule is CCC1C(N)CC(c2cccs2)CN1C(=O)OC(C)(C)C. The maximum absolute atomic E-state index is 12.5. The number of hydrogen-bond donors (Lipinski definition) is 1. The van der Waals surface area contributed by atoms with Gasteiger partial charge in [0.1, 0.15) is 5.60 Å². The van der Waals surface area contributed by atoms with Gasteiger partial charge in [-0.05, 0) is 45.1 Å². The lowest BCUT2D eigenvalue weighted by Crippen LogP contribution is -2.56. The first kappa shape index (κ1) is 16.3. The molecule has 5 heteroatoms. The van der Waals surface area contributed by atoms with Crippen LogP contribution in [0.3, 0.4) is 0 Å². The van der Waals surface area contributed by atoms with E-state index in [0.29, 0.717) is 12.5 Å². The molecule has 0 radical (unpaired) electrons. The topological polar surface area (TPSA) is 55.6 Å². The van der Waals surface area contributed by atoms with E-state index in [9.17, 15) is 4.79 Å². The Hall–Kier alpha value is -1.07. The largest absolute Gasteiger partial charge is 0.444 e. The smallest absolute Gasteiger partial charge is 0.410 e. The van der Waals surface area contributed by atoms with Crippen LogP contribution in [0, 0.1) is 0 Å². The molecule has 118 valence electrons. The minimum atomic E-state index is -0.477. The second-order valence-electron chi connectivity index (χ2n) is 6.72. The summed E-state index contributed by atoms with van der Waals surface area (Å²) in [7, 11) is 0. The van der Waals surface area contributed by atoms with Crippen molar-refractivity contribution in [2.75, 3.05) is 6.54 Å². The Morgan fingerprint density at radius 3 is 2.76 bits per heavy atom. The van der Waals surface area contributed by atoms with E-state index in [1.54, 1.807) is 11.3 Å². The maximum Gasteiger partial charge on any atom is 0.410 e. The van der Waals surface area contributed by atoms with Crippen LogP contribution in [0.15, 0.2) is 17.5 Å². The molecule has 1 amide bonds. The predicted molar refractivity (Wildman–Crippen MR) is 86.7 cm³/mol. The zero-order valence-electron chi connectivity index (χ0n) is 13.3. The molecule has 0 aliphatic carbocycles. The number of carbonyl (C=O) groups is 1. The van der Waals surface area contributed by atoms with Gasteiger partial charge < -0.3 is 15.4 Å². The van der Waals surface area contributed by atoms with Gasteiger partial charge in [0.05, 0.1) is 0 Å². The predicted octanol–water partition coefficient (Wildman–Crippen LogP) is 3.58. The van der Waals surface area contributed by atoms with Gasteiger partial charge in [-0.2, -0.15) is 0 Å². The standard InChI is InChI=1S/C16H26N2O2S/c1-5-13-12(17)9-11(14-7-6-8-21-14)10-18(13)15(19)20-16(2,3)4/h6-8,11-13H,5,9-10,17H2,1-4H3. The van der Waals surface area contributed by atoms with E-state index in [1.165, 1.54) is 4.88 Å². The highest BCUT2D eigenvalue weighted by atomic mass is 32.1. The number of nitrogens with two attached hydrogens (primary N) is 1. The lowest BCUT2D eigenvalue weighted by atomic mass is 9.87. The van der Waals surface area contributed by atoms with Gasteiger partial charge >= 0.3 is 6.09 Å². The molecule has 4 nitrogen and oxygen atoms in total. The fourth-order valence-corrected chi connectivity index (χ4v) is 3.78. The van der Waals surface area contributed by atoms with Crippen molar-refractivity contribution in [3.63, 3.8) is 0 Å². The molecule has 1 aliphatic heterocycles. The van der Waals surface area contributed by atoms with Crippen molar-refractivity contribution in [1.82, 2.24) is 4.90 Å². The zero-order chi connectivity index (χ0) is 15.6. The first-order chi connectivity index (χ1) is 9.81. The average molecular weight is 310 g/mol. The van der Waals surface area contributed by atoms with E-state index in [4.69, 9.17) is 10.5 Å². The van der Waals surface area contributed by atoms with Gasteiger partial charge in [-0.15, -0.1) is 11.3 Å². The Balaban J connectivity index is 2.16. The van der Waals surface area contributed by atoms with Crippen molar-refractivity contribution in [2.24, 2.45) is 5.73 Å². The number of thiophene rings is 1. The molecule has 1 aromatic rings. The molecule has 1 aromatic heterocycles. The summed E-state index contributed by atoms with van der Waals surface area (Å²) in [5, 5.41) is 2.07. The zero-order valence-corrected chi connectivity index (χ0v) is 14.2. The number of carbonyl (C=O) groups excluding carboxylic acids is 1. The molecule has 1 aliphatic rings. The number of likely N-dealkylation sites (tertiary alicyclic amines) is 1. The summed E-state index contributed by atoms with van der Waals surface area (Å²) in [5.74, 6) is 0.315. The second-order valence-corrected chi connectivity index (χ2v) is 7.70. The van der Waals surface area contributed by atoms with Crippen LogP contribution in [-0.4, -0.2) is 35.2 Å². The molecule has 2 N–H and O–H groups in total. The summed E-state index contributed by atoms with van der Waals surface area (Å²) < 4.78 is 5.56. The number of piperidine rings is 1. The van der Waals surface area contributed by atoms with Crippen LogP contribution in [0.25, 0.3) is 0 Å². The highest BCUT2D eigenvalue weighted by molar-refractivity contribution is 7.10. The molecule has 3 unspecified atom stereocenters. The minimum absolute atomic E-state index is 0.00312. The van der Waals surface area contributed by atoms with Crippen LogP contribution in [-0.2, 0) is 4.74 Å². The van der Waals surface area contributed by atoms with Crippen LogP contribution in [0.4, 0.5) is 4.79 Å². The maximum atomic E-state index is 12.5. The monoisotopic (exact) mass is 310 g/mol. The van der Waals surface area contributed by atoms with E-state index in [0.717, 1.165) is 12.8 Å². The Bertz CT molecular complexity index is 467. The van der Waals surface area contributed by atoms with Gasteiger partial charge in [-0.1, -0.05) is 13.0 Å². The van der Waals surface area contributed by atoms with Crippen LogP contribution < -0.4 is 5.73 Å². The molecule has 1 fully saturated rings. The lowest BCUT2D eigenvalue weighted by Gasteiger charge is -2.43. The second kappa shape index (κ2) is 6.36. The third kappa shape index (κ3) is 3.98. The molecule has 0 saturated carbocycles. The van der Waals surface area contributed by atoms with Crippen LogP contribution >= 0.6 is 11.3 Å².